The van der Waals surface area contributed by atoms with Crippen LogP contribution in [0, 0.1) is 6.92 Å². The van der Waals surface area contributed by atoms with Gasteiger partial charge in [0.05, 0.1) is 23.8 Å². The summed E-state index contributed by atoms with van der Waals surface area (Å²) >= 11 is 0. The minimum Gasteiger partial charge on any atom is -0.497 e. The van der Waals surface area contributed by atoms with Gasteiger partial charge in [0, 0.05) is 34.3 Å². The van der Waals surface area contributed by atoms with Crippen LogP contribution in [0.2, 0.25) is 0 Å². The van der Waals surface area contributed by atoms with Crippen molar-refractivity contribution >= 4 is 45.0 Å². The number of amides is 1. The Hall–Kier alpha value is -3.80. The summed E-state index contributed by atoms with van der Waals surface area (Å²) in [4.78, 5) is 15.9. The Labute approximate surface area is 161 Å². The molecule has 1 heterocycles. The highest BCUT2D eigenvalue weighted by atomic mass is 16.5. The number of aromatic nitrogens is 1. The van der Waals surface area contributed by atoms with Gasteiger partial charge in [-0.25, -0.2) is 9.78 Å². The van der Waals surface area contributed by atoms with E-state index < -0.39 is 6.09 Å². The zero-order valence-corrected chi connectivity index (χ0v) is 15.5. The lowest BCUT2D eigenvalue weighted by atomic mass is 10.0. The van der Waals surface area contributed by atoms with E-state index >= 15 is 0 Å². The minimum atomic E-state index is -1.13. The van der Waals surface area contributed by atoms with Gasteiger partial charge in [0.15, 0.2) is 0 Å². The van der Waals surface area contributed by atoms with Gasteiger partial charge in [-0.15, -0.1) is 0 Å². The van der Waals surface area contributed by atoms with Gasteiger partial charge in [0.2, 0.25) is 0 Å². The molecule has 3 N–H and O–H groups in total. The van der Waals surface area contributed by atoms with Crippen LogP contribution in [-0.2, 0) is 0 Å². The fourth-order valence-corrected chi connectivity index (χ4v) is 3.32. The van der Waals surface area contributed by atoms with E-state index in [1.165, 1.54) is 0 Å². The van der Waals surface area contributed by atoms with Crippen molar-refractivity contribution in [2.45, 2.75) is 6.92 Å². The second-order valence-corrected chi connectivity index (χ2v) is 6.48. The molecule has 0 unspecified atom stereocenters. The number of nitrogens with zero attached hydrogens (tertiary/aromatic N) is 1. The molecule has 140 valence electrons. The van der Waals surface area contributed by atoms with Crippen LogP contribution in [0.3, 0.4) is 0 Å². The molecule has 0 fully saturated rings. The fourth-order valence-electron chi connectivity index (χ4n) is 3.32. The molecule has 28 heavy (non-hydrogen) atoms. The number of pyridine rings is 1. The number of anilines is 3. The first-order valence-corrected chi connectivity index (χ1v) is 8.79. The molecule has 1 amide bonds. The summed E-state index contributed by atoms with van der Waals surface area (Å²) in [7, 11) is 1.55. The van der Waals surface area contributed by atoms with Crippen LogP contribution in [0.1, 0.15) is 5.56 Å². The third kappa shape index (κ3) is 3.27. The lowest BCUT2D eigenvalue weighted by Crippen LogP contribution is -2.07. The van der Waals surface area contributed by atoms with E-state index in [0.29, 0.717) is 17.1 Å². The van der Waals surface area contributed by atoms with E-state index in [1.807, 2.05) is 55.5 Å². The number of ether oxygens (including phenoxy) is 1. The summed E-state index contributed by atoms with van der Waals surface area (Å²) in [6.45, 7) is 2.04. The fraction of sp³-hybridized carbons (Fsp3) is 0.0909. The molecule has 4 aromatic rings. The van der Waals surface area contributed by atoms with Crippen molar-refractivity contribution in [3.63, 3.8) is 0 Å². The van der Waals surface area contributed by atoms with Gasteiger partial charge in [-0.05, 0) is 24.6 Å². The maximum atomic E-state index is 11.0. The van der Waals surface area contributed by atoms with Crippen molar-refractivity contribution in [3.8, 4) is 5.75 Å². The number of nitrogens with one attached hydrogen (secondary N) is 2. The van der Waals surface area contributed by atoms with Gasteiger partial charge in [0.25, 0.3) is 0 Å². The second kappa shape index (κ2) is 7.08. The average Bonchev–Trinajstić information content (AvgIpc) is 2.68. The Kier molecular flexibility index (Phi) is 4.45. The molecule has 6 heteroatoms. The summed E-state index contributed by atoms with van der Waals surface area (Å²) in [5, 5.41) is 16.8. The smallest absolute Gasteiger partial charge is 0.409 e. The highest BCUT2D eigenvalue weighted by Crippen LogP contribution is 2.35. The van der Waals surface area contributed by atoms with Crippen molar-refractivity contribution in [1.82, 2.24) is 4.98 Å². The number of rotatable bonds is 4. The highest BCUT2D eigenvalue weighted by molar-refractivity contribution is 6.09. The van der Waals surface area contributed by atoms with Crippen molar-refractivity contribution < 1.29 is 14.6 Å². The molecule has 0 aliphatic heterocycles. The van der Waals surface area contributed by atoms with E-state index in [4.69, 9.17) is 14.8 Å². The minimum absolute atomic E-state index is 0.424. The summed E-state index contributed by atoms with van der Waals surface area (Å²) in [5.41, 5.74) is 4.95. The van der Waals surface area contributed by atoms with Crippen molar-refractivity contribution in [2.24, 2.45) is 0 Å². The van der Waals surface area contributed by atoms with E-state index in [1.54, 1.807) is 19.2 Å². The lowest BCUT2D eigenvalue weighted by molar-refractivity contribution is 0.210. The Morgan fingerprint density at radius 2 is 1.75 bits per heavy atom. The van der Waals surface area contributed by atoms with Gasteiger partial charge < -0.3 is 15.2 Å². The van der Waals surface area contributed by atoms with Gasteiger partial charge in [-0.1, -0.05) is 36.4 Å². The number of aryl methyl sites for hydroxylation is 1. The molecule has 6 nitrogen and oxygen atoms in total. The quantitative estimate of drug-likeness (QED) is 0.409. The summed E-state index contributed by atoms with van der Waals surface area (Å²) in [5.74, 6) is 0.549. The molecule has 0 saturated heterocycles. The van der Waals surface area contributed by atoms with E-state index in [-0.39, 0.29) is 0 Å². The first kappa shape index (κ1) is 17.6. The standard InChI is InChI=1S/C22H19N3O3/c1-13-6-5-8-18-20(13)25-19-9-4-3-7-17(19)21(18)23-14-10-15(24-22(26)27)12-16(11-14)28-2/h3-12,24H,1-2H3,(H,23,25)(H,26,27). The molecule has 0 atom stereocenters. The van der Waals surface area contributed by atoms with Crippen LogP contribution in [0.25, 0.3) is 21.8 Å². The topological polar surface area (TPSA) is 83.5 Å². The molecule has 0 spiro atoms. The summed E-state index contributed by atoms with van der Waals surface area (Å²) in [6.07, 6.45) is -1.13. The predicted octanol–water partition coefficient (Wildman–Crippen LogP) is 5.54. The Balaban J connectivity index is 1.91. The van der Waals surface area contributed by atoms with Crippen LogP contribution in [0.4, 0.5) is 21.9 Å². The van der Waals surface area contributed by atoms with Crippen molar-refractivity contribution in [3.05, 3.63) is 66.2 Å². The monoisotopic (exact) mass is 373 g/mol. The zero-order chi connectivity index (χ0) is 19.7. The molecule has 0 saturated carbocycles. The number of benzene rings is 3. The van der Waals surface area contributed by atoms with Crippen LogP contribution in [0.15, 0.2) is 60.7 Å². The summed E-state index contributed by atoms with van der Waals surface area (Å²) < 4.78 is 5.32. The number of hydrogen-bond acceptors (Lipinski definition) is 4. The molecule has 0 radical (unpaired) electrons. The van der Waals surface area contributed by atoms with Crippen LogP contribution < -0.4 is 15.4 Å². The molecule has 3 aromatic carbocycles. The highest BCUT2D eigenvalue weighted by Gasteiger charge is 2.12. The average molecular weight is 373 g/mol. The third-order valence-corrected chi connectivity index (χ3v) is 4.58. The number of fused-ring (bicyclic) bond motifs is 2. The lowest BCUT2D eigenvalue weighted by Gasteiger charge is -2.16. The maximum Gasteiger partial charge on any atom is 0.409 e. The number of hydrogen-bond donors (Lipinski definition) is 3. The number of carbonyl (C=O) groups is 1. The van der Waals surface area contributed by atoms with Crippen molar-refractivity contribution in [1.29, 1.82) is 0 Å². The van der Waals surface area contributed by atoms with E-state index in [9.17, 15) is 4.79 Å². The number of para-hydroxylation sites is 2. The van der Waals surface area contributed by atoms with Crippen LogP contribution in [-0.4, -0.2) is 23.3 Å². The number of carboxylic acid groups (broad SMARTS) is 1. The number of methoxy groups -OCH3 is 1. The molecular weight excluding hydrogens is 354 g/mol. The molecule has 4 rings (SSSR count). The van der Waals surface area contributed by atoms with Crippen LogP contribution in [0.5, 0.6) is 5.75 Å². The van der Waals surface area contributed by atoms with Gasteiger partial charge in [0.1, 0.15) is 5.75 Å². The maximum absolute atomic E-state index is 11.0. The summed E-state index contributed by atoms with van der Waals surface area (Å²) in [6, 6.07) is 19.2. The first-order chi connectivity index (χ1) is 13.5. The predicted molar refractivity (Wildman–Crippen MR) is 112 cm³/mol. The van der Waals surface area contributed by atoms with Gasteiger partial charge in [-0.2, -0.15) is 0 Å². The van der Waals surface area contributed by atoms with Crippen LogP contribution >= 0.6 is 0 Å². The molecule has 0 aliphatic carbocycles. The second-order valence-electron chi connectivity index (χ2n) is 6.48. The van der Waals surface area contributed by atoms with E-state index in [2.05, 4.69) is 10.6 Å². The SMILES string of the molecule is COc1cc(NC(=O)O)cc(Nc2c3ccccc3nc3c(C)cccc23)c1. The van der Waals surface area contributed by atoms with Gasteiger partial charge in [-0.3, -0.25) is 5.32 Å². The first-order valence-electron chi connectivity index (χ1n) is 8.79. The molecule has 0 bridgehead atoms. The van der Waals surface area contributed by atoms with Gasteiger partial charge >= 0.3 is 6.09 Å². The third-order valence-electron chi connectivity index (χ3n) is 4.58. The largest absolute Gasteiger partial charge is 0.497 e. The molecular formula is C22H19N3O3. The van der Waals surface area contributed by atoms with E-state index in [0.717, 1.165) is 33.1 Å². The Morgan fingerprint density at radius 3 is 2.54 bits per heavy atom. The Bertz CT molecular complexity index is 1200. The molecule has 0 aliphatic rings. The van der Waals surface area contributed by atoms with Crippen molar-refractivity contribution in [2.75, 3.05) is 17.7 Å². The normalized spacial score (nSPS) is 10.8. The molecule has 1 aromatic heterocycles. The Morgan fingerprint density at radius 1 is 1.00 bits per heavy atom. The zero-order valence-electron chi connectivity index (χ0n) is 15.5.